The molecule has 0 saturated heterocycles. The third kappa shape index (κ3) is 5.73. The molecule has 61 heavy (non-hydrogen) atoms. The van der Waals surface area contributed by atoms with Gasteiger partial charge in [0.15, 0.2) is 0 Å². The normalized spacial score (nSPS) is 21.7. The van der Waals surface area contributed by atoms with Crippen LogP contribution in [0.15, 0.2) is 188 Å². The van der Waals surface area contributed by atoms with E-state index in [1.165, 1.54) is 116 Å². The molecule has 1 heteroatoms. The zero-order valence-corrected chi connectivity index (χ0v) is 35.4. The largest absolute Gasteiger partial charge is 0.310 e. The summed E-state index contributed by atoms with van der Waals surface area (Å²) < 4.78 is 0. The van der Waals surface area contributed by atoms with Crippen LogP contribution in [0, 0.1) is 17.8 Å². The molecule has 0 heterocycles. The maximum absolute atomic E-state index is 2.59. The average Bonchev–Trinajstić information content (AvgIpc) is 3.59. The molecule has 0 radical (unpaired) electrons. The summed E-state index contributed by atoms with van der Waals surface area (Å²) in [5.74, 6) is 3.11. The molecule has 0 atom stereocenters. The third-order valence-electron chi connectivity index (χ3n) is 15.5. The molecule has 5 aliphatic rings. The van der Waals surface area contributed by atoms with Gasteiger partial charge in [0, 0.05) is 16.9 Å². The number of hydrogen-bond donors (Lipinski definition) is 0. The summed E-state index contributed by atoms with van der Waals surface area (Å²) >= 11 is 0. The number of hydrogen-bond acceptors (Lipinski definition) is 1. The average molecular weight is 788 g/mol. The van der Waals surface area contributed by atoms with Crippen LogP contribution in [0.5, 0.6) is 0 Å². The molecule has 4 saturated carbocycles. The summed E-state index contributed by atoms with van der Waals surface area (Å²) in [6, 6.07) is 71.7. The van der Waals surface area contributed by atoms with E-state index in [1.54, 1.807) is 5.56 Å². The zero-order chi connectivity index (χ0) is 40.7. The fraction of sp³-hybridized carbons (Fsp3) is 0.233. The monoisotopic (exact) mass is 787 g/mol. The van der Waals surface area contributed by atoms with E-state index in [1.807, 2.05) is 0 Å². The van der Waals surface area contributed by atoms with Crippen molar-refractivity contribution < 1.29 is 0 Å². The minimum absolute atomic E-state index is 0.340. The van der Waals surface area contributed by atoms with Gasteiger partial charge in [-0.1, -0.05) is 166 Å². The Morgan fingerprint density at radius 3 is 1.59 bits per heavy atom. The van der Waals surface area contributed by atoms with Crippen molar-refractivity contribution in [2.45, 2.75) is 69.1 Å². The lowest BCUT2D eigenvalue weighted by Crippen LogP contribution is -2.48. The van der Waals surface area contributed by atoms with Crippen LogP contribution in [0.2, 0.25) is 0 Å². The van der Waals surface area contributed by atoms with Crippen molar-refractivity contribution in [1.82, 2.24) is 0 Å². The van der Waals surface area contributed by atoms with Gasteiger partial charge in [0.2, 0.25) is 0 Å². The Kier molecular flexibility index (Phi) is 8.53. The van der Waals surface area contributed by atoms with Crippen LogP contribution in [0.4, 0.5) is 17.1 Å². The molecule has 4 bridgehead atoms. The van der Waals surface area contributed by atoms with E-state index >= 15 is 0 Å². The van der Waals surface area contributed by atoms with Crippen molar-refractivity contribution in [2.75, 3.05) is 4.90 Å². The maximum atomic E-state index is 2.59. The van der Waals surface area contributed by atoms with E-state index in [2.05, 4.69) is 207 Å². The molecular weight excluding hydrogens is 735 g/mol. The molecular formula is C60H53N. The summed E-state index contributed by atoms with van der Waals surface area (Å²) in [6.07, 6.45) is 8.50. The standard InChI is InChI=1S/C60H53N/c1-40(2)51-21-11-12-22-52(51)55-34-44-15-9-10-16-45(44)35-58(55)61(49-27-25-46(26-28-49)59-37-41-31-42(38-59)33-43(32-41)39-59)50-29-30-54-53-23-13-14-24-56(53)60(57(54)36-50,47-17-5-3-6-18-47)48-19-7-4-8-20-48/h3-30,34-36,40-43H,31-33,37-39H2,1-2H3. The number of benzene rings is 8. The fourth-order valence-corrected chi connectivity index (χ4v) is 13.3. The highest BCUT2D eigenvalue weighted by Crippen LogP contribution is 2.61. The summed E-state index contributed by atoms with van der Waals surface area (Å²) in [7, 11) is 0. The first-order valence-electron chi connectivity index (χ1n) is 22.9. The number of rotatable bonds is 8. The van der Waals surface area contributed by atoms with Gasteiger partial charge in [-0.05, 0) is 165 Å². The summed E-state index contributed by atoms with van der Waals surface area (Å²) in [5, 5.41) is 2.50. The molecule has 13 rings (SSSR count). The molecule has 8 aromatic carbocycles. The van der Waals surface area contributed by atoms with Crippen LogP contribution in [0.3, 0.4) is 0 Å². The van der Waals surface area contributed by atoms with E-state index in [4.69, 9.17) is 0 Å². The van der Waals surface area contributed by atoms with E-state index in [-0.39, 0.29) is 0 Å². The Labute approximate surface area is 361 Å². The first-order chi connectivity index (χ1) is 30.0. The fourth-order valence-electron chi connectivity index (χ4n) is 13.3. The lowest BCUT2D eigenvalue weighted by Gasteiger charge is -2.57. The Bertz CT molecular complexity index is 2850. The van der Waals surface area contributed by atoms with Crippen LogP contribution in [-0.4, -0.2) is 0 Å². The predicted molar refractivity (Wildman–Crippen MR) is 255 cm³/mol. The van der Waals surface area contributed by atoms with Crippen LogP contribution < -0.4 is 4.90 Å². The SMILES string of the molecule is CC(C)c1ccccc1-c1cc2ccccc2cc1N(c1ccc(C23CC4CC(CC(C4)C2)C3)cc1)c1ccc2c(c1)C(c1ccccc1)(c1ccccc1)c1ccccc1-2. The second kappa shape index (κ2) is 14.2. The predicted octanol–water partition coefficient (Wildman–Crippen LogP) is 15.9. The van der Waals surface area contributed by atoms with Gasteiger partial charge < -0.3 is 4.90 Å². The molecule has 0 aromatic heterocycles. The van der Waals surface area contributed by atoms with Crippen molar-refractivity contribution >= 4 is 27.8 Å². The molecule has 4 fully saturated rings. The van der Waals surface area contributed by atoms with E-state index in [0.29, 0.717) is 11.3 Å². The van der Waals surface area contributed by atoms with Crippen LogP contribution in [0.25, 0.3) is 33.0 Å². The lowest BCUT2D eigenvalue weighted by atomic mass is 9.48. The molecule has 0 spiro atoms. The van der Waals surface area contributed by atoms with Crippen LogP contribution in [-0.2, 0) is 10.8 Å². The second-order valence-electron chi connectivity index (χ2n) is 19.3. The molecule has 1 nitrogen and oxygen atoms in total. The van der Waals surface area contributed by atoms with Crippen molar-refractivity contribution in [3.8, 4) is 22.3 Å². The molecule has 0 unspecified atom stereocenters. The quantitative estimate of drug-likeness (QED) is 0.148. The Morgan fingerprint density at radius 1 is 0.426 bits per heavy atom. The van der Waals surface area contributed by atoms with E-state index < -0.39 is 5.41 Å². The highest BCUT2D eigenvalue weighted by Gasteiger charge is 2.52. The highest BCUT2D eigenvalue weighted by molar-refractivity contribution is 5.99. The van der Waals surface area contributed by atoms with Crippen LogP contribution >= 0.6 is 0 Å². The van der Waals surface area contributed by atoms with E-state index in [9.17, 15) is 0 Å². The van der Waals surface area contributed by atoms with Gasteiger partial charge in [0.1, 0.15) is 0 Å². The van der Waals surface area contributed by atoms with Gasteiger partial charge in [0.05, 0.1) is 11.1 Å². The van der Waals surface area contributed by atoms with E-state index in [0.717, 1.165) is 17.8 Å². The molecule has 0 amide bonds. The molecule has 298 valence electrons. The molecule has 5 aliphatic carbocycles. The van der Waals surface area contributed by atoms with Crippen molar-refractivity contribution in [3.05, 3.63) is 221 Å². The first-order valence-corrected chi connectivity index (χ1v) is 22.9. The van der Waals surface area contributed by atoms with Crippen molar-refractivity contribution in [2.24, 2.45) is 17.8 Å². The Morgan fingerprint density at radius 2 is 0.951 bits per heavy atom. The van der Waals surface area contributed by atoms with Gasteiger partial charge >= 0.3 is 0 Å². The summed E-state index contributed by atoms with van der Waals surface area (Å²) in [6.45, 7) is 4.65. The minimum Gasteiger partial charge on any atom is -0.310 e. The van der Waals surface area contributed by atoms with Crippen molar-refractivity contribution in [3.63, 3.8) is 0 Å². The second-order valence-corrected chi connectivity index (χ2v) is 19.3. The van der Waals surface area contributed by atoms with Gasteiger partial charge in [0.25, 0.3) is 0 Å². The zero-order valence-electron chi connectivity index (χ0n) is 35.4. The molecule has 0 N–H and O–H groups in total. The molecule has 8 aromatic rings. The Balaban J connectivity index is 1.12. The van der Waals surface area contributed by atoms with Crippen LogP contribution in [0.1, 0.15) is 91.7 Å². The van der Waals surface area contributed by atoms with Crippen molar-refractivity contribution in [1.29, 1.82) is 0 Å². The van der Waals surface area contributed by atoms with Gasteiger partial charge in [-0.3, -0.25) is 0 Å². The third-order valence-corrected chi connectivity index (χ3v) is 15.5. The number of fused-ring (bicyclic) bond motifs is 4. The minimum atomic E-state index is -0.491. The van der Waals surface area contributed by atoms with Gasteiger partial charge in [-0.15, -0.1) is 0 Å². The number of nitrogens with zero attached hydrogens (tertiary/aromatic N) is 1. The number of anilines is 3. The van der Waals surface area contributed by atoms with Gasteiger partial charge in [-0.25, -0.2) is 0 Å². The Hall–Kier alpha value is -6.18. The molecule has 0 aliphatic heterocycles. The summed E-state index contributed by atoms with van der Waals surface area (Å²) in [5.41, 5.74) is 16.7. The first kappa shape index (κ1) is 36.7. The van der Waals surface area contributed by atoms with Gasteiger partial charge in [-0.2, -0.15) is 0 Å². The maximum Gasteiger partial charge on any atom is 0.0714 e. The topological polar surface area (TPSA) is 3.24 Å². The smallest absolute Gasteiger partial charge is 0.0714 e. The highest BCUT2D eigenvalue weighted by atomic mass is 15.1. The summed E-state index contributed by atoms with van der Waals surface area (Å²) in [4.78, 5) is 2.59. The lowest BCUT2D eigenvalue weighted by molar-refractivity contribution is -0.00518.